The maximum atomic E-state index is 16.4. The van der Waals surface area contributed by atoms with Crippen molar-refractivity contribution in [3.05, 3.63) is 52.9 Å². The molecule has 5 rings (SSSR count). The van der Waals surface area contributed by atoms with E-state index in [1.807, 2.05) is 9.80 Å². The number of piperazine rings is 1. The van der Waals surface area contributed by atoms with E-state index in [2.05, 4.69) is 11.6 Å². The van der Waals surface area contributed by atoms with Gasteiger partial charge < -0.3 is 19.8 Å². The van der Waals surface area contributed by atoms with Crippen LogP contribution in [-0.4, -0.2) is 79.3 Å². The summed E-state index contributed by atoms with van der Waals surface area (Å²) in [5, 5.41) is 11.5. The first-order valence-electron chi connectivity index (χ1n) is 13.3. The molecule has 2 aliphatic heterocycles. The Labute approximate surface area is 242 Å². The summed E-state index contributed by atoms with van der Waals surface area (Å²) in [5.41, 5.74) is -0.802. The molecule has 0 bridgehead atoms. The number of aromatic nitrogens is 2. The van der Waals surface area contributed by atoms with Crippen LogP contribution in [-0.2, 0) is 14.6 Å². The van der Waals surface area contributed by atoms with Gasteiger partial charge in [-0.1, -0.05) is 24.2 Å². The van der Waals surface area contributed by atoms with Crippen LogP contribution in [0.5, 0.6) is 5.75 Å². The molecule has 2 aliphatic rings. The maximum absolute atomic E-state index is 16.4. The molecule has 2 aromatic carbocycles. The molecule has 1 atom stereocenters. The Bertz CT molecular complexity index is 1610. The predicted octanol–water partition coefficient (Wildman–Crippen LogP) is 4.38. The minimum absolute atomic E-state index is 0.0462. The lowest BCUT2D eigenvalue weighted by Crippen LogP contribution is -2.48. The molecule has 3 aromatic rings. The SMILES string of the molecule is C=CS(=O)(=O)CC1CCCN(c2nc(N3CCN(C(C)=O)CC3)c3cc(Cl)c(-c4c(O)cccc4F)c(F)c3n2)C1. The van der Waals surface area contributed by atoms with Crippen LogP contribution in [0, 0.1) is 17.6 Å². The largest absolute Gasteiger partial charge is 0.507 e. The van der Waals surface area contributed by atoms with Crippen molar-refractivity contribution in [1.29, 1.82) is 0 Å². The molecular formula is C28H30ClF2N5O4S. The van der Waals surface area contributed by atoms with Gasteiger partial charge in [0.05, 0.1) is 16.3 Å². The lowest BCUT2D eigenvalue weighted by atomic mass is 10.00. The maximum Gasteiger partial charge on any atom is 0.228 e. The summed E-state index contributed by atoms with van der Waals surface area (Å²) < 4.78 is 55.6. The first-order valence-corrected chi connectivity index (χ1v) is 15.4. The number of benzene rings is 2. The number of phenols is 1. The number of anilines is 2. The van der Waals surface area contributed by atoms with Crippen LogP contribution in [0.1, 0.15) is 19.8 Å². The molecule has 13 heteroatoms. The van der Waals surface area contributed by atoms with Crippen LogP contribution < -0.4 is 9.80 Å². The fraction of sp³-hybridized carbons (Fsp3) is 0.393. The number of rotatable bonds is 6. The molecule has 218 valence electrons. The highest BCUT2D eigenvalue weighted by molar-refractivity contribution is 7.94. The van der Waals surface area contributed by atoms with Crippen molar-refractivity contribution in [2.45, 2.75) is 19.8 Å². The molecule has 1 aromatic heterocycles. The van der Waals surface area contributed by atoms with Gasteiger partial charge in [0.1, 0.15) is 22.9 Å². The number of amides is 1. The molecule has 9 nitrogen and oxygen atoms in total. The van der Waals surface area contributed by atoms with Crippen molar-refractivity contribution in [2.24, 2.45) is 5.92 Å². The Morgan fingerprint density at radius 3 is 2.54 bits per heavy atom. The van der Waals surface area contributed by atoms with E-state index in [1.165, 1.54) is 25.1 Å². The highest BCUT2D eigenvalue weighted by Crippen LogP contribution is 2.43. The normalized spacial score (nSPS) is 18.1. The van der Waals surface area contributed by atoms with Crippen LogP contribution in [0.15, 0.2) is 36.3 Å². The number of carbonyl (C=O) groups is 1. The number of piperidine rings is 1. The topological polar surface area (TPSA) is 107 Å². The summed E-state index contributed by atoms with van der Waals surface area (Å²) in [6.07, 6.45) is 1.38. The van der Waals surface area contributed by atoms with E-state index >= 15 is 4.39 Å². The number of aromatic hydroxyl groups is 1. The third-order valence-corrected chi connectivity index (χ3v) is 9.38. The average Bonchev–Trinajstić information content (AvgIpc) is 2.94. The van der Waals surface area contributed by atoms with E-state index in [0.29, 0.717) is 63.3 Å². The fourth-order valence-corrected chi connectivity index (χ4v) is 6.90. The zero-order valence-corrected chi connectivity index (χ0v) is 24.1. The average molecular weight is 606 g/mol. The number of fused-ring (bicyclic) bond motifs is 1. The van der Waals surface area contributed by atoms with E-state index in [1.54, 1.807) is 4.90 Å². The van der Waals surface area contributed by atoms with Gasteiger partial charge in [0.15, 0.2) is 15.7 Å². The summed E-state index contributed by atoms with van der Waals surface area (Å²) in [6.45, 7) is 7.52. The Morgan fingerprint density at radius 2 is 1.88 bits per heavy atom. The van der Waals surface area contributed by atoms with Gasteiger partial charge in [-0.25, -0.2) is 22.2 Å². The molecule has 2 fully saturated rings. The molecular weight excluding hydrogens is 576 g/mol. The third-order valence-electron chi connectivity index (χ3n) is 7.64. The number of sulfone groups is 1. The molecule has 3 heterocycles. The molecule has 2 saturated heterocycles. The molecule has 0 radical (unpaired) electrons. The van der Waals surface area contributed by atoms with Crippen molar-refractivity contribution in [3.63, 3.8) is 0 Å². The second kappa shape index (κ2) is 11.4. The first kappa shape index (κ1) is 29.0. The highest BCUT2D eigenvalue weighted by atomic mass is 35.5. The predicted molar refractivity (Wildman–Crippen MR) is 155 cm³/mol. The summed E-state index contributed by atoms with van der Waals surface area (Å²) in [7, 11) is -3.43. The number of carbonyl (C=O) groups excluding carboxylic acids is 1. The van der Waals surface area contributed by atoms with Gasteiger partial charge in [-0.3, -0.25) is 4.79 Å². The monoisotopic (exact) mass is 605 g/mol. The minimum atomic E-state index is -3.43. The quantitative estimate of drug-likeness (QED) is 0.441. The van der Waals surface area contributed by atoms with Crippen LogP contribution in [0.4, 0.5) is 20.5 Å². The van der Waals surface area contributed by atoms with Gasteiger partial charge in [0.25, 0.3) is 0 Å². The lowest BCUT2D eigenvalue weighted by molar-refractivity contribution is -0.129. The third kappa shape index (κ3) is 5.80. The number of halogens is 3. The summed E-state index contributed by atoms with van der Waals surface area (Å²) in [6, 6.07) is 5.12. The van der Waals surface area contributed by atoms with Gasteiger partial charge in [-0.15, -0.1) is 0 Å². The number of nitrogens with zero attached hydrogens (tertiary/aromatic N) is 5. The van der Waals surface area contributed by atoms with Crippen LogP contribution in [0.3, 0.4) is 0 Å². The molecule has 1 N–H and O–H groups in total. The Kier molecular flexibility index (Phi) is 8.06. The van der Waals surface area contributed by atoms with Gasteiger partial charge in [0, 0.05) is 62.6 Å². The summed E-state index contributed by atoms with van der Waals surface area (Å²) in [4.78, 5) is 26.7. The molecule has 0 aliphatic carbocycles. The van der Waals surface area contributed by atoms with Gasteiger partial charge in [-0.05, 0) is 37.0 Å². The molecule has 41 heavy (non-hydrogen) atoms. The summed E-state index contributed by atoms with van der Waals surface area (Å²) in [5.74, 6) is -1.94. The molecule has 1 amide bonds. The second-order valence-electron chi connectivity index (χ2n) is 10.4. The van der Waals surface area contributed by atoms with Crippen LogP contribution in [0.25, 0.3) is 22.0 Å². The zero-order chi connectivity index (χ0) is 29.5. The smallest absolute Gasteiger partial charge is 0.228 e. The highest BCUT2D eigenvalue weighted by Gasteiger charge is 2.30. The van der Waals surface area contributed by atoms with Crippen molar-refractivity contribution in [1.82, 2.24) is 14.9 Å². The van der Waals surface area contributed by atoms with Gasteiger partial charge in [-0.2, -0.15) is 4.98 Å². The second-order valence-corrected chi connectivity index (χ2v) is 12.8. The van der Waals surface area contributed by atoms with Crippen molar-refractivity contribution < 1.29 is 27.1 Å². The standard InChI is InChI=1S/C28H30ClF2N5O4S/c1-3-41(39,40)16-18-6-5-9-36(15-18)28-32-26-19(27(33-28)35-12-10-34(11-13-35)17(2)37)14-20(29)23(25(26)31)24-21(30)7-4-8-22(24)38/h3-4,7-8,14,18,38H,1,5-6,9-13,15-16H2,2H3. The van der Waals surface area contributed by atoms with E-state index < -0.39 is 27.2 Å². The van der Waals surface area contributed by atoms with Crippen molar-refractivity contribution in [2.75, 3.05) is 54.8 Å². The fourth-order valence-electron chi connectivity index (χ4n) is 5.55. The van der Waals surface area contributed by atoms with Gasteiger partial charge >= 0.3 is 0 Å². The van der Waals surface area contributed by atoms with E-state index in [9.17, 15) is 22.7 Å². The molecule has 0 saturated carbocycles. The van der Waals surface area contributed by atoms with Crippen molar-refractivity contribution >= 4 is 50.0 Å². The van der Waals surface area contributed by atoms with E-state index in [4.69, 9.17) is 16.6 Å². The minimum Gasteiger partial charge on any atom is -0.507 e. The Balaban J connectivity index is 1.64. The zero-order valence-electron chi connectivity index (χ0n) is 22.5. The first-order chi connectivity index (χ1) is 19.5. The molecule has 0 spiro atoms. The summed E-state index contributed by atoms with van der Waals surface area (Å²) >= 11 is 6.53. The number of hydrogen-bond donors (Lipinski definition) is 1. The Hall–Kier alpha value is -3.51. The molecule has 1 unspecified atom stereocenters. The number of hydrogen-bond acceptors (Lipinski definition) is 8. The van der Waals surface area contributed by atoms with Crippen LogP contribution in [0.2, 0.25) is 5.02 Å². The van der Waals surface area contributed by atoms with E-state index in [0.717, 1.165) is 11.5 Å². The van der Waals surface area contributed by atoms with Crippen molar-refractivity contribution in [3.8, 4) is 16.9 Å². The Morgan fingerprint density at radius 1 is 1.15 bits per heavy atom. The number of phenolic OH excluding ortho intramolecular Hbond substituents is 1. The van der Waals surface area contributed by atoms with E-state index in [-0.39, 0.29) is 45.2 Å². The van der Waals surface area contributed by atoms with Gasteiger partial charge in [0.2, 0.25) is 11.9 Å². The van der Waals surface area contributed by atoms with Crippen LogP contribution >= 0.6 is 11.6 Å². The lowest BCUT2D eigenvalue weighted by Gasteiger charge is -2.37.